The zero-order valence-electron chi connectivity index (χ0n) is 34.9. The van der Waals surface area contributed by atoms with E-state index in [1.54, 1.807) is 0 Å². The molecule has 2 unspecified atom stereocenters. The molecule has 304 valence electrons. The molecular formula is C47H93NO3. The van der Waals surface area contributed by atoms with Crippen molar-refractivity contribution in [2.75, 3.05) is 6.61 Å². The van der Waals surface area contributed by atoms with Gasteiger partial charge in [0.1, 0.15) is 0 Å². The summed E-state index contributed by atoms with van der Waals surface area (Å²) in [7, 11) is 0. The third-order valence-electron chi connectivity index (χ3n) is 11.0. The molecule has 0 rings (SSSR count). The van der Waals surface area contributed by atoms with E-state index in [1.807, 2.05) is 0 Å². The lowest BCUT2D eigenvalue weighted by Crippen LogP contribution is -2.45. The summed E-state index contributed by atoms with van der Waals surface area (Å²) in [5.74, 6) is -0.0297. The Balaban J connectivity index is 3.42. The number of rotatable bonds is 43. The Bertz CT molecular complexity index is 695. The molecule has 4 nitrogen and oxygen atoms in total. The summed E-state index contributed by atoms with van der Waals surface area (Å²) in [5.41, 5.74) is 0. The van der Waals surface area contributed by atoms with Crippen LogP contribution in [0.1, 0.15) is 264 Å². The van der Waals surface area contributed by atoms with Crippen LogP contribution in [0.4, 0.5) is 0 Å². The van der Waals surface area contributed by atoms with Crippen LogP contribution in [-0.2, 0) is 4.79 Å². The Morgan fingerprint density at radius 3 is 1.08 bits per heavy atom. The fraction of sp³-hybridized carbons (Fsp3) is 0.936. The molecular weight excluding hydrogens is 627 g/mol. The molecule has 0 aliphatic carbocycles. The highest BCUT2D eigenvalue weighted by Crippen LogP contribution is 2.16. The smallest absolute Gasteiger partial charge is 0.220 e. The second-order valence-corrected chi connectivity index (χ2v) is 16.2. The minimum Gasteiger partial charge on any atom is -0.394 e. The van der Waals surface area contributed by atoms with Crippen LogP contribution in [0.5, 0.6) is 0 Å². The molecule has 0 aromatic rings. The summed E-state index contributed by atoms with van der Waals surface area (Å²) < 4.78 is 0. The van der Waals surface area contributed by atoms with Gasteiger partial charge in [-0.2, -0.15) is 0 Å². The van der Waals surface area contributed by atoms with E-state index in [-0.39, 0.29) is 12.5 Å². The third kappa shape index (κ3) is 40.2. The standard InChI is InChI=1S/C47H93NO3/c1-3-5-7-9-11-13-15-16-17-18-19-20-21-22-23-24-25-26-27-28-29-30-31-33-35-37-39-41-43-47(51)48-45(44-49)46(50)42-40-38-36-34-32-14-12-10-8-6-4-2/h22-23,45-46,49-50H,3-21,24-44H2,1-2H3,(H,48,51)/b23-22-. The van der Waals surface area contributed by atoms with E-state index in [0.717, 1.165) is 25.7 Å². The molecule has 0 bridgehead atoms. The number of amides is 1. The molecule has 1 amide bonds. The number of hydrogen-bond acceptors (Lipinski definition) is 3. The Kier molecular flexibility index (Phi) is 42.8. The van der Waals surface area contributed by atoms with Crippen molar-refractivity contribution < 1.29 is 15.0 Å². The number of carbonyl (C=O) groups excluding carboxylic acids is 1. The zero-order valence-corrected chi connectivity index (χ0v) is 34.9. The number of hydrogen-bond donors (Lipinski definition) is 3. The van der Waals surface area contributed by atoms with E-state index < -0.39 is 12.1 Å². The van der Waals surface area contributed by atoms with Gasteiger partial charge < -0.3 is 15.5 Å². The monoisotopic (exact) mass is 720 g/mol. The Labute approximate surface area is 320 Å². The van der Waals surface area contributed by atoms with E-state index in [9.17, 15) is 15.0 Å². The summed E-state index contributed by atoms with van der Waals surface area (Å²) in [6, 6.07) is -0.531. The largest absolute Gasteiger partial charge is 0.394 e. The van der Waals surface area contributed by atoms with E-state index in [0.29, 0.717) is 12.8 Å². The normalized spacial score (nSPS) is 12.9. The van der Waals surface area contributed by atoms with E-state index in [2.05, 4.69) is 31.3 Å². The van der Waals surface area contributed by atoms with Gasteiger partial charge in [0.05, 0.1) is 18.8 Å². The van der Waals surface area contributed by atoms with Gasteiger partial charge in [0.25, 0.3) is 0 Å². The van der Waals surface area contributed by atoms with E-state index in [4.69, 9.17) is 0 Å². The first-order valence-electron chi connectivity index (χ1n) is 23.4. The van der Waals surface area contributed by atoms with Gasteiger partial charge in [0.15, 0.2) is 0 Å². The average Bonchev–Trinajstić information content (AvgIpc) is 3.13. The molecule has 2 atom stereocenters. The quantitative estimate of drug-likeness (QED) is 0.0434. The first-order valence-corrected chi connectivity index (χ1v) is 23.4. The van der Waals surface area contributed by atoms with Crippen LogP contribution in [0, 0.1) is 0 Å². The number of nitrogens with one attached hydrogen (secondary N) is 1. The highest BCUT2D eigenvalue weighted by atomic mass is 16.3. The molecule has 0 aromatic heterocycles. The summed E-state index contributed by atoms with van der Waals surface area (Å²) >= 11 is 0. The van der Waals surface area contributed by atoms with Gasteiger partial charge in [-0.15, -0.1) is 0 Å². The minimum absolute atomic E-state index is 0.0297. The van der Waals surface area contributed by atoms with Crippen LogP contribution in [-0.4, -0.2) is 34.9 Å². The Morgan fingerprint density at radius 1 is 0.451 bits per heavy atom. The van der Waals surface area contributed by atoms with Gasteiger partial charge in [-0.25, -0.2) is 0 Å². The van der Waals surface area contributed by atoms with Crippen molar-refractivity contribution >= 4 is 5.91 Å². The molecule has 0 fully saturated rings. The molecule has 3 N–H and O–H groups in total. The molecule has 51 heavy (non-hydrogen) atoms. The number of aliphatic hydroxyl groups is 2. The van der Waals surface area contributed by atoms with Crippen molar-refractivity contribution in [2.45, 2.75) is 276 Å². The number of unbranched alkanes of at least 4 members (excludes halogenated alkanes) is 34. The van der Waals surface area contributed by atoms with Crippen molar-refractivity contribution in [3.8, 4) is 0 Å². The van der Waals surface area contributed by atoms with E-state index >= 15 is 0 Å². The maximum absolute atomic E-state index is 12.4. The van der Waals surface area contributed by atoms with Crippen molar-refractivity contribution in [3.05, 3.63) is 12.2 Å². The van der Waals surface area contributed by atoms with Crippen LogP contribution < -0.4 is 5.32 Å². The molecule has 0 radical (unpaired) electrons. The summed E-state index contributed by atoms with van der Waals surface area (Å²) in [6.45, 7) is 4.37. The highest BCUT2D eigenvalue weighted by Gasteiger charge is 2.20. The molecule has 0 saturated carbocycles. The average molecular weight is 720 g/mol. The Hall–Kier alpha value is -0.870. The lowest BCUT2D eigenvalue weighted by atomic mass is 10.0. The highest BCUT2D eigenvalue weighted by molar-refractivity contribution is 5.76. The number of allylic oxidation sites excluding steroid dienone is 2. The summed E-state index contributed by atoms with van der Waals surface area (Å²) in [4.78, 5) is 12.4. The van der Waals surface area contributed by atoms with Gasteiger partial charge in [0.2, 0.25) is 5.91 Å². The van der Waals surface area contributed by atoms with Crippen LogP contribution in [0.2, 0.25) is 0 Å². The predicted octanol–water partition coefficient (Wildman–Crippen LogP) is 14.6. The molecule has 0 aromatic carbocycles. The van der Waals surface area contributed by atoms with Crippen molar-refractivity contribution in [1.29, 1.82) is 0 Å². The lowest BCUT2D eigenvalue weighted by Gasteiger charge is -2.22. The fourth-order valence-electron chi connectivity index (χ4n) is 7.42. The van der Waals surface area contributed by atoms with Crippen LogP contribution in [0.3, 0.4) is 0 Å². The molecule has 0 spiro atoms. The van der Waals surface area contributed by atoms with Gasteiger partial charge in [-0.05, 0) is 38.5 Å². The molecule has 0 saturated heterocycles. The predicted molar refractivity (Wildman–Crippen MR) is 226 cm³/mol. The maximum Gasteiger partial charge on any atom is 0.220 e. The number of carbonyl (C=O) groups is 1. The molecule has 0 aliphatic rings. The van der Waals surface area contributed by atoms with Crippen molar-refractivity contribution in [2.24, 2.45) is 0 Å². The van der Waals surface area contributed by atoms with Crippen LogP contribution in [0.25, 0.3) is 0 Å². The van der Waals surface area contributed by atoms with Gasteiger partial charge >= 0.3 is 0 Å². The molecule has 4 heteroatoms. The van der Waals surface area contributed by atoms with Gasteiger partial charge in [0, 0.05) is 6.42 Å². The topological polar surface area (TPSA) is 69.6 Å². The van der Waals surface area contributed by atoms with Crippen LogP contribution in [0.15, 0.2) is 12.2 Å². The number of aliphatic hydroxyl groups excluding tert-OH is 2. The zero-order chi connectivity index (χ0) is 37.1. The van der Waals surface area contributed by atoms with Gasteiger partial charge in [-0.3, -0.25) is 4.79 Å². The second-order valence-electron chi connectivity index (χ2n) is 16.2. The summed E-state index contributed by atoms with van der Waals surface area (Å²) in [6.07, 6.45) is 54.5. The van der Waals surface area contributed by atoms with Crippen molar-refractivity contribution in [1.82, 2.24) is 5.32 Å². The second kappa shape index (κ2) is 43.5. The van der Waals surface area contributed by atoms with E-state index in [1.165, 1.54) is 212 Å². The first-order chi connectivity index (χ1) is 25.2. The van der Waals surface area contributed by atoms with Gasteiger partial charge in [-0.1, -0.05) is 231 Å². The van der Waals surface area contributed by atoms with Crippen molar-refractivity contribution in [3.63, 3.8) is 0 Å². The first kappa shape index (κ1) is 50.1. The van der Waals surface area contributed by atoms with Crippen LogP contribution >= 0.6 is 0 Å². The lowest BCUT2D eigenvalue weighted by molar-refractivity contribution is -0.123. The maximum atomic E-state index is 12.4. The third-order valence-corrected chi connectivity index (χ3v) is 11.0. The summed E-state index contributed by atoms with van der Waals surface area (Å²) in [5, 5.41) is 23.1. The SMILES string of the molecule is CCCCCCCCCCCCCC/C=C\CCCCCCCCCCCCCCC(=O)NC(CO)C(O)CCCCCCCCCCCCC. The minimum atomic E-state index is -0.654. The molecule has 0 heterocycles. The Morgan fingerprint density at radius 2 is 0.745 bits per heavy atom. The fourth-order valence-corrected chi connectivity index (χ4v) is 7.42. The molecule has 0 aliphatic heterocycles.